The average Bonchev–Trinajstić information content (AvgIpc) is 3.87. The molecule has 2 heteroatoms. The van der Waals surface area contributed by atoms with Gasteiger partial charge in [-0.3, -0.25) is 0 Å². The van der Waals surface area contributed by atoms with Crippen molar-refractivity contribution in [1.82, 2.24) is 4.57 Å². The predicted molar refractivity (Wildman–Crippen MR) is 268 cm³/mol. The van der Waals surface area contributed by atoms with Gasteiger partial charge in [0.15, 0.2) is 0 Å². The Balaban J connectivity index is 0.963. The van der Waals surface area contributed by atoms with Gasteiger partial charge in [0.1, 0.15) is 0 Å². The van der Waals surface area contributed by atoms with Gasteiger partial charge in [-0.25, -0.2) is 0 Å². The Morgan fingerprint density at radius 2 is 0.968 bits per heavy atom. The lowest BCUT2D eigenvalue weighted by atomic mass is 9.83. The number of nitrogens with zero attached hydrogens (tertiary/aromatic N) is 1. The fraction of sp³-hybridized carbons (Fsp3) is 0.0333. The largest absolute Gasteiger partial charge is 0.309 e. The van der Waals surface area contributed by atoms with Crippen LogP contribution in [0.2, 0.25) is 0 Å². The first-order chi connectivity index (χ1) is 30.7. The minimum Gasteiger partial charge on any atom is -0.309 e. The highest BCUT2D eigenvalue weighted by molar-refractivity contribution is 7.25. The van der Waals surface area contributed by atoms with E-state index < -0.39 is 0 Å². The van der Waals surface area contributed by atoms with E-state index in [2.05, 4.69) is 223 Å². The molecule has 0 amide bonds. The highest BCUT2D eigenvalue weighted by Crippen LogP contribution is 2.41. The molecule has 11 aromatic carbocycles. The van der Waals surface area contributed by atoms with E-state index in [0.29, 0.717) is 0 Å². The molecule has 0 bridgehead atoms. The van der Waals surface area contributed by atoms with E-state index in [9.17, 15) is 0 Å². The van der Waals surface area contributed by atoms with Crippen LogP contribution in [0, 0.1) is 0 Å². The van der Waals surface area contributed by atoms with Crippen LogP contribution in [0.3, 0.4) is 0 Å². The maximum atomic E-state index is 2.48. The summed E-state index contributed by atoms with van der Waals surface area (Å²) in [5.74, 6) is 0.136. The van der Waals surface area contributed by atoms with E-state index in [-0.39, 0.29) is 5.92 Å². The summed E-state index contributed by atoms with van der Waals surface area (Å²) in [6.07, 6.45) is 0.864. The van der Waals surface area contributed by atoms with Crippen LogP contribution in [0.4, 0.5) is 0 Å². The third-order valence-corrected chi connectivity index (χ3v) is 14.5. The Labute approximate surface area is 363 Å². The maximum absolute atomic E-state index is 2.48. The number of rotatable bonds is 6. The number of para-hydroxylation sites is 1. The maximum Gasteiger partial charge on any atom is 0.0543 e. The third kappa shape index (κ3) is 5.61. The lowest BCUT2D eigenvalue weighted by Gasteiger charge is -2.21. The van der Waals surface area contributed by atoms with Crippen molar-refractivity contribution in [2.24, 2.45) is 0 Å². The smallest absolute Gasteiger partial charge is 0.0543 e. The number of hydrogen-bond acceptors (Lipinski definition) is 1. The van der Waals surface area contributed by atoms with E-state index in [1.807, 2.05) is 11.3 Å². The Bertz CT molecular complexity index is 3900. The predicted octanol–water partition coefficient (Wildman–Crippen LogP) is 16.8. The molecule has 0 saturated carbocycles. The second-order valence-electron chi connectivity index (χ2n) is 16.8. The van der Waals surface area contributed by atoms with Crippen molar-refractivity contribution in [2.75, 3.05) is 0 Å². The average molecular weight is 806 g/mol. The van der Waals surface area contributed by atoms with Crippen molar-refractivity contribution in [3.8, 4) is 16.8 Å². The Morgan fingerprint density at radius 1 is 0.355 bits per heavy atom. The van der Waals surface area contributed by atoms with Gasteiger partial charge >= 0.3 is 0 Å². The number of aromatic nitrogens is 1. The summed E-state index contributed by atoms with van der Waals surface area (Å²) in [7, 11) is 0. The van der Waals surface area contributed by atoms with E-state index in [4.69, 9.17) is 0 Å². The molecule has 1 unspecified atom stereocenters. The molecule has 13 rings (SSSR count). The zero-order valence-corrected chi connectivity index (χ0v) is 34.7. The molecule has 0 fully saturated rings. The standard InChI is InChI=1S/C60H39NS/c1-3-13-46-39(10-1)12-9-17-47(46)41-21-23-42(24-22-41)55(44-26-30-49-43(36-44)27-32-50-48-14-4-2-11-40(48)25-31-51(49)50)34-38-20-29-53-52-15-5-7-18-57(52)61(58(53)35-38)45-28-33-60-56(37-45)54-16-6-8-19-59(54)62-60/h1-33,35-37,55H,34H2. The molecule has 2 aromatic heterocycles. The topological polar surface area (TPSA) is 4.93 Å². The molecule has 0 aliphatic heterocycles. The van der Waals surface area contributed by atoms with Crippen LogP contribution >= 0.6 is 11.3 Å². The van der Waals surface area contributed by atoms with Gasteiger partial charge in [-0.1, -0.05) is 182 Å². The lowest BCUT2D eigenvalue weighted by molar-refractivity contribution is 0.807. The van der Waals surface area contributed by atoms with E-state index in [1.54, 1.807) is 0 Å². The van der Waals surface area contributed by atoms with Crippen LogP contribution in [0.5, 0.6) is 0 Å². The summed E-state index contributed by atoms with van der Waals surface area (Å²) in [6.45, 7) is 0. The second kappa shape index (κ2) is 14.0. The van der Waals surface area contributed by atoms with E-state index in [0.717, 1.165) is 6.42 Å². The van der Waals surface area contributed by atoms with Gasteiger partial charge in [0, 0.05) is 42.6 Å². The van der Waals surface area contributed by atoms with Gasteiger partial charge in [0.25, 0.3) is 0 Å². The summed E-state index contributed by atoms with van der Waals surface area (Å²) < 4.78 is 5.14. The van der Waals surface area contributed by atoms with Crippen molar-refractivity contribution in [2.45, 2.75) is 12.3 Å². The first kappa shape index (κ1) is 35.3. The Morgan fingerprint density at radius 3 is 1.82 bits per heavy atom. The number of fused-ring (bicyclic) bond motifs is 12. The first-order valence-corrected chi connectivity index (χ1v) is 22.4. The van der Waals surface area contributed by atoms with Gasteiger partial charge in [-0.2, -0.15) is 0 Å². The van der Waals surface area contributed by atoms with Crippen molar-refractivity contribution in [3.05, 3.63) is 235 Å². The van der Waals surface area contributed by atoms with Crippen LogP contribution in [-0.2, 0) is 6.42 Å². The lowest BCUT2D eigenvalue weighted by Crippen LogP contribution is -2.06. The zero-order valence-electron chi connectivity index (χ0n) is 33.9. The second-order valence-corrected chi connectivity index (χ2v) is 17.9. The van der Waals surface area contributed by atoms with Gasteiger partial charge < -0.3 is 4.57 Å². The molecular weight excluding hydrogens is 767 g/mol. The molecule has 1 atom stereocenters. The van der Waals surface area contributed by atoms with Gasteiger partial charge in [0.2, 0.25) is 0 Å². The molecule has 0 aliphatic rings. The third-order valence-electron chi connectivity index (χ3n) is 13.4. The summed E-state index contributed by atoms with van der Waals surface area (Å²) in [6, 6.07) is 81.7. The van der Waals surface area contributed by atoms with Crippen LogP contribution in [0.15, 0.2) is 218 Å². The molecule has 0 spiro atoms. The first-order valence-electron chi connectivity index (χ1n) is 21.6. The summed E-state index contributed by atoms with van der Waals surface area (Å²) in [5, 5.41) is 15.5. The molecule has 290 valence electrons. The summed E-state index contributed by atoms with van der Waals surface area (Å²) in [4.78, 5) is 0. The fourth-order valence-electron chi connectivity index (χ4n) is 10.4. The van der Waals surface area contributed by atoms with Crippen molar-refractivity contribution < 1.29 is 0 Å². The highest BCUT2D eigenvalue weighted by atomic mass is 32.1. The van der Waals surface area contributed by atoms with Crippen LogP contribution in [0.25, 0.3) is 102 Å². The van der Waals surface area contributed by atoms with Crippen molar-refractivity contribution in [3.63, 3.8) is 0 Å². The monoisotopic (exact) mass is 805 g/mol. The minimum absolute atomic E-state index is 0.136. The molecule has 62 heavy (non-hydrogen) atoms. The molecule has 0 aliphatic carbocycles. The zero-order chi connectivity index (χ0) is 40.7. The fourth-order valence-corrected chi connectivity index (χ4v) is 11.5. The van der Waals surface area contributed by atoms with Gasteiger partial charge in [0.05, 0.1) is 11.0 Å². The van der Waals surface area contributed by atoms with E-state index in [1.165, 1.54) is 119 Å². The molecule has 2 heterocycles. The van der Waals surface area contributed by atoms with Crippen LogP contribution < -0.4 is 0 Å². The quantitative estimate of drug-likeness (QED) is 0.148. The Hall–Kier alpha value is -7.52. The molecule has 0 saturated heterocycles. The van der Waals surface area contributed by atoms with Crippen molar-refractivity contribution >= 4 is 96.4 Å². The molecule has 0 radical (unpaired) electrons. The molecule has 1 nitrogen and oxygen atoms in total. The highest BCUT2D eigenvalue weighted by Gasteiger charge is 2.20. The SMILES string of the molecule is c1ccc2c(-c3ccc(C(Cc4ccc5c6ccccc6n(-c6ccc7sc8ccccc8c7c6)c5c4)c4ccc5c(ccc6c7ccccc7ccc56)c4)cc3)cccc2c1. The van der Waals surface area contributed by atoms with Crippen LogP contribution in [-0.4, -0.2) is 4.57 Å². The van der Waals surface area contributed by atoms with Gasteiger partial charge in [-0.15, -0.1) is 11.3 Å². The molecule has 0 N–H and O–H groups in total. The van der Waals surface area contributed by atoms with Crippen molar-refractivity contribution in [1.29, 1.82) is 0 Å². The van der Waals surface area contributed by atoms with E-state index >= 15 is 0 Å². The summed E-state index contributed by atoms with van der Waals surface area (Å²) >= 11 is 1.87. The van der Waals surface area contributed by atoms with Gasteiger partial charge in [-0.05, 0) is 114 Å². The molecular formula is C60H39NS. The number of benzene rings is 11. The number of thiophene rings is 1. The minimum atomic E-state index is 0.136. The normalized spacial score (nSPS) is 12.5. The Kier molecular flexibility index (Phi) is 7.98. The van der Waals surface area contributed by atoms with Crippen LogP contribution in [0.1, 0.15) is 22.6 Å². The number of hydrogen-bond donors (Lipinski definition) is 0. The molecule has 13 aromatic rings. The summed E-state index contributed by atoms with van der Waals surface area (Å²) in [5.41, 5.74) is 10.1.